The van der Waals surface area contributed by atoms with Crippen LogP contribution in [0.15, 0.2) is 42.5 Å². The molecule has 1 aliphatic heterocycles. The van der Waals surface area contributed by atoms with Crippen molar-refractivity contribution >= 4 is 35.6 Å². The normalized spacial score (nSPS) is 13.9. The fourth-order valence-corrected chi connectivity index (χ4v) is 2.97. The predicted molar refractivity (Wildman–Crippen MR) is 101 cm³/mol. The fourth-order valence-electron chi connectivity index (χ4n) is 2.75. The summed E-state index contributed by atoms with van der Waals surface area (Å²) in [4.78, 5) is 14.2. The molecule has 3 rings (SSSR count). The Labute approximate surface area is 157 Å². The average molecular weight is 384 g/mol. The lowest BCUT2D eigenvalue weighted by molar-refractivity contribution is 0.0951. The van der Waals surface area contributed by atoms with E-state index in [1.807, 2.05) is 11.0 Å². The van der Waals surface area contributed by atoms with Gasteiger partial charge >= 0.3 is 0 Å². The van der Waals surface area contributed by atoms with Gasteiger partial charge in [0.2, 0.25) is 0 Å². The van der Waals surface area contributed by atoms with E-state index in [9.17, 15) is 9.18 Å². The van der Waals surface area contributed by atoms with Crippen molar-refractivity contribution in [1.29, 1.82) is 0 Å². The zero-order valence-electron chi connectivity index (χ0n) is 13.6. The molecule has 7 heteroatoms. The van der Waals surface area contributed by atoms with Crippen LogP contribution in [-0.2, 0) is 6.54 Å². The van der Waals surface area contributed by atoms with Crippen LogP contribution in [0, 0.1) is 5.82 Å². The van der Waals surface area contributed by atoms with E-state index < -0.39 is 0 Å². The van der Waals surface area contributed by atoms with E-state index in [0.29, 0.717) is 21.8 Å². The van der Waals surface area contributed by atoms with Crippen molar-refractivity contribution in [1.82, 2.24) is 10.6 Å². The number of amides is 1. The average Bonchev–Trinajstić information content (AvgIpc) is 2.61. The Morgan fingerprint density at radius 3 is 2.60 bits per heavy atom. The maximum atomic E-state index is 14.4. The Balaban J connectivity index is 0.00000225. The largest absolute Gasteiger partial charge is 0.367 e. The predicted octanol–water partition coefficient (Wildman–Crippen LogP) is 3.24. The summed E-state index contributed by atoms with van der Waals surface area (Å²) in [5.41, 5.74) is 1.74. The van der Waals surface area contributed by atoms with Crippen LogP contribution in [0.25, 0.3) is 0 Å². The van der Waals surface area contributed by atoms with Gasteiger partial charge in [0.25, 0.3) is 5.91 Å². The molecule has 1 heterocycles. The number of piperazine rings is 1. The lowest BCUT2D eigenvalue weighted by atomic mass is 10.1. The van der Waals surface area contributed by atoms with Crippen LogP contribution < -0.4 is 15.5 Å². The Morgan fingerprint density at radius 1 is 1.20 bits per heavy atom. The summed E-state index contributed by atoms with van der Waals surface area (Å²) in [7, 11) is 0. The molecule has 25 heavy (non-hydrogen) atoms. The number of nitrogens with one attached hydrogen (secondary N) is 2. The monoisotopic (exact) mass is 383 g/mol. The number of hydrogen-bond donors (Lipinski definition) is 2. The first kappa shape index (κ1) is 19.5. The maximum absolute atomic E-state index is 14.4. The third-order valence-corrected chi connectivity index (χ3v) is 4.37. The van der Waals surface area contributed by atoms with Crippen molar-refractivity contribution in [3.63, 3.8) is 0 Å². The molecule has 2 aromatic rings. The van der Waals surface area contributed by atoms with E-state index in [4.69, 9.17) is 11.6 Å². The maximum Gasteiger partial charge on any atom is 0.253 e. The molecule has 1 fully saturated rings. The van der Waals surface area contributed by atoms with Crippen molar-refractivity contribution in [2.45, 2.75) is 6.54 Å². The van der Waals surface area contributed by atoms with E-state index in [2.05, 4.69) is 10.6 Å². The molecule has 0 bridgehead atoms. The van der Waals surface area contributed by atoms with Crippen LogP contribution in [0.3, 0.4) is 0 Å². The minimum absolute atomic E-state index is 0. The molecule has 1 aliphatic rings. The summed E-state index contributed by atoms with van der Waals surface area (Å²) in [6.07, 6.45) is 0. The number of halogens is 3. The van der Waals surface area contributed by atoms with Crippen molar-refractivity contribution in [3.05, 3.63) is 64.4 Å². The molecule has 0 spiro atoms. The van der Waals surface area contributed by atoms with Gasteiger partial charge in [0.05, 0.1) is 16.3 Å². The third kappa shape index (κ3) is 4.84. The van der Waals surface area contributed by atoms with Crippen molar-refractivity contribution in [2.75, 3.05) is 31.1 Å². The Morgan fingerprint density at radius 2 is 1.92 bits per heavy atom. The summed E-state index contributed by atoms with van der Waals surface area (Å²) in [5.74, 6) is -0.534. The van der Waals surface area contributed by atoms with Gasteiger partial charge in [-0.3, -0.25) is 4.79 Å². The number of hydrogen-bond acceptors (Lipinski definition) is 3. The van der Waals surface area contributed by atoms with Crippen LogP contribution >= 0.6 is 24.0 Å². The zero-order chi connectivity index (χ0) is 16.9. The van der Waals surface area contributed by atoms with Crippen LogP contribution in [0.1, 0.15) is 15.9 Å². The molecule has 134 valence electrons. The topological polar surface area (TPSA) is 44.4 Å². The highest BCUT2D eigenvalue weighted by Crippen LogP contribution is 2.21. The zero-order valence-corrected chi connectivity index (χ0v) is 15.2. The highest BCUT2D eigenvalue weighted by Gasteiger charge is 2.15. The van der Waals surface area contributed by atoms with Gasteiger partial charge in [-0.15, -0.1) is 12.4 Å². The summed E-state index contributed by atoms with van der Waals surface area (Å²) in [6, 6.07) is 11.9. The van der Waals surface area contributed by atoms with Gasteiger partial charge in [-0.1, -0.05) is 29.8 Å². The number of carbonyl (C=O) groups excluding carboxylic acids is 1. The van der Waals surface area contributed by atoms with Gasteiger partial charge in [0.15, 0.2) is 0 Å². The molecular weight excluding hydrogens is 364 g/mol. The first-order valence-electron chi connectivity index (χ1n) is 7.92. The summed E-state index contributed by atoms with van der Waals surface area (Å²) >= 11 is 6.00. The molecule has 1 amide bonds. The Kier molecular flexibility index (Phi) is 7.05. The smallest absolute Gasteiger partial charge is 0.253 e. The quantitative estimate of drug-likeness (QED) is 0.851. The van der Waals surface area contributed by atoms with Gasteiger partial charge in [0.1, 0.15) is 5.82 Å². The molecule has 4 nitrogen and oxygen atoms in total. The highest BCUT2D eigenvalue weighted by atomic mass is 35.5. The minimum atomic E-state index is -0.271. The number of benzene rings is 2. The second kappa shape index (κ2) is 9.04. The summed E-state index contributed by atoms with van der Waals surface area (Å²) < 4.78 is 14.4. The van der Waals surface area contributed by atoms with Gasteiger partial charge in [0, 0.05) is 32.7 Å². The number of nitrogens with zero attached hydrogens (tertiary/aromatic N) is 1. The first-order valence-corrected chi connectivity index (χ1v) is 8.30. The summed E-state index contributed by atoms with van der Waals surface area (Å²) in [6.45, 7) is 3.55. The van der Waals surface area contributed by atoms with Crippen LogP contribution in [0.5, 0.6) is 0 Å². The van der Waals surface area contributed by atoms with Gasteiger partial charge in [-0.05, 0) is 29.8 Å². The van der Waals surface area contributed by atoms with E-state index in [-0.39, 0.29) is 30.7 Å². The van der Waals surface area contributed by atoms with Crippen molar-refractivity contribution in [2.24, 2.45) is 0 Å². The molecule has 0 aliphatic carbocycles. The first-order chi connectivity index (χ1) is 11.6. The standard InChI is InChI=1S/C18H19ClFN3O.ClH/c19-15-4-2-1-3-14(15)18(24)22-12-13-5-6-17(16(20)11-13)23-9-7-21-8-10-23;/h1-6,11,21H,7-10,12H2,(H,22,24);1H. The molecule has 0 radical (unpaired) electrons. The highest BCUT2D eigenvalue weighted by molar-refractivity contribution is 6.33. The third-order valence-electron chi connectivity index (χ3n) is 4.04. The molecular formula is C18H20Cl2FN3O. The molecule has 2 N–H and O–H groups in total. The minimum Gasteiger partial charge on any atom is -0.367 e. The Bertz CT molecular complexity index is 736. The number of anilines is 1. The van der Waals surface area contributed by atoms with Crippen LogP contribution in [0.2, 0.25) is 5.02 Å². The van der Waals surface area contributed by atoms with E-state index in [1.54, 1.807) is 30.3 Å². The van der Waals surface area contributed by atoms with E-state index in [0.717, 1.165) is 26.2 Å². The molecule has 1 saturated heterocycles. The van der Waals surface area contributed by atoms with Gasteiger partial charge in [-0.2, -0.15) is 0 Å². The Hall–Kier alpha value is -1.82. The second-order valence-electron chi connectivity index (χ2n) is 5.69. The molecule has 2 aromatic carbocycles. The molecule has 0 saturated carbocycles. The molecule has 0 atom stereocenters. The van der Waals surface area contributed by atoms with Crippen LogP contribution in [0.4, 0.5) is 10.1 Å². The van der Waals surface area contributed by atoms with E-state index >= 15 is 0 Å². The second-order valence-corrected chi connectivity index (χ2v) is 6.09. The van der Waals surface area contributed by atoms with Crippen molar-refractivity contribution in [3.8, 4) is 0 Å². The van der Waals surface area contributed by atoms with E-state index in [1.165, 1.54) is 6.07 Å². The molecule has 0 unspecified atom stereocenters. The van der Waals surface area contributed by atoms with Crippen LogP contribution in [-0.4, -0.2) is 32.1 Å². The van der Waals surface area contributed by atoms with Crippen molar-refractivity contribution < 1.29 is 9.18 Å². The SMILES string of the molecule is Cl.O=C(NCc1ccc(N2CCNCC2)c(F)c1)c1ccccc1Cl. The van der Waals surface area contributed by atoms with Gasteiger partial charge in [-0.25, -0.2) is 4.39 Å². The van der Waals surface area contributed by atoms with Gasteiger partial charge < -0.3 is 15.5 Å². The number of carbonyl (C=O) groups is 1. The lowest BCUT2D eigenvalue weighted by Gasteiger charge is -2.29. The molecule has 0 aromatic heterocycles. The lowest BCUT2D eigenvalue weighted by Crippen LogP contribution is -2.43. The summed E-state index contributed by atoms with van der Waals surface area (Å²) in [5, 5.41) is 6.41. The fraction of sp³-hybridized carbons (Fsp3) is 0.278. The number of rotatable bonds is 4.